The van der Waals surface area contributed by atoms with E-state index in [-0.39, 0.29) is 0 Å². The largest absolute Gasteiger partial charge is 0.450 e. The van der Waals surface area contributed by atoms with Crippen LogP contribution in [-0.4, -0.2) is 17.5 Å². The maximum Gasteiger partial charge on any atom is 0.328 e. The first-order valence-electron chi connectivity index (χ1n) is 2.69. The van der Waals surface area contributed by atoms with Gasteiger partial charge in [-0.3, -0.25) is 4.98 Å². The van der Waals surface area contributed by atoms with Gasteiger partial charge in [-0.25, -0.2) is 0 Å². The van der Waals surface area contributed by atoms with Crippen LogP contribution in [0.5, 0.6) is 0 Å². The van der Waals surface area contributed by atoms with Crippen LogP contribution < -0.4 is 5.46 Å². The van der Waals surface area contributed by atoms with Crippen LogP contribution in [0.25, 0.3) is 0 Å². The van der Waals surface area contributed by atoms with Crippen molar-refractivity contribution in [2.75, 3.05) is 0 Å². The Hall–Kier alpha value is -1.34. The number of nitrogens with zero attached hydrogens (tertiary/aromatic N) is 2. The molecule has 0 unspecified atom stereocenters. The second-order valence-electron chi connectivity index (χ2n) is 1.75. The predicted octanol–water partition coefficient (Wildman–Crippen LogP) is -0.810. The van der Waals surface area contributed by atoms with Gasteiger partial charge in [-0.15, -0.1) is 0 Å². The minimum Gasteiger partial charge on any atom is -0.450 e. The van der Waals surface area contributed by atoms with Crippen molar-refractivity contribution in [2.45, 2.75) is 0 Å². The smallest absolute Gasteiger partial charge is 0.328 e. The molecule has 47 valence electrons. The topological polar surface area (TPSA) is 56.9 Å². The molecule has 4 heteroatoms. The Bertz CT molecular complexity index is 269. The summed E-state index contributed by atoms with van der Waals surface area (Å²) in [5, 5.41) is 16.9. The fourth-order valence-electron chi connectivity index (χ4n) is 0.589. The van der Waals surface area contributed by atoms with E-state index >= 15 is 0 Å². The Morgan fingerprint density at radius 3 is 3.00 bits per heavy atom. The molecule has 0 saturated heterocycles. The molecule has 1 N–H and O–H groups in total. The molecule has 1 aromatic heterocycles. The molecule has 0 aromatic carbocycles. The molecule has 10 heavy (non-hydrogen) atoms. The molecule has 0 aliphatic rings. The predicted molar refractivity (Wildman–Crippen MR) is 36.6 cm³/mol. The van der Waals surface area contributed by atoms with E-state index in [2.05, 4.69) is 4.98 Å². The van der Waals surface area contributed by atoms with E-state index in [0.29, 0.717) is 11.0 Å². The van der Waals surface area contributed by atoms with Gasteiger partial charge in [-0.05, 0) is 11.5 Å². The molecule has 1 radical (unpaired) electrons. The standard InChI is InChI=1S/C6H4BN2O/c8-2-5-1-6(7-10)4-9-3-5/h1,3-4,10H. The SMILES string of the molecule is N#Cc1cncc([B]O)c1. The third kappa shape index (κ3) is 1.33. The van der Waals surface area contributed by atoms with Crippen LogP contribution in [0.15, 0.2) is 18.5 Å². The molecule has 0 bridgehead atoms. The lowest BCUT2D eigenvalue weighted by Crippen LogP contribution is -2.13. The summed E-state index contributed by atoms with van der Waals surface area (Å²) in [6.07, 6.45) is 2.91. The van der Waals surface area contributed by atoms with Gasteiger partial charge in [0.15, 0.2) is 0 Å². The molecule has 1 rings (SSSR count). The van der Waals surface area contributed by atoms with Crippen LogP contribution >= 0.6 is 0 Å². The summed E-state index contributed by atoms with van der Waals surface area (Å²) in [5.41, 5.74) is 0.988. The Kier molecular flexibility index (Phi) is 2.03. The summed E-state index contributed by atoms with van der Waals surface area (Å²) < 4.78 is 0. The third-order valence-electron chi connectivity index (χ3n) is 1.04. The van der Waals surface area contributed by atoms with Gasteiger partial charge < -0.3 is 5.02 Å². The zero-order chi connectivity index (χ0) is 7.40. The fourth-order valence-corrected chi connectivity index (χ4v) is 0.589. The highest BCUT2D eigenvalue weighted by molar-refractivity contribution is 6.45. The molecular weight excluding hydrogens is 127 g/mol. The summed E-state index contributed by atoms with van der Waals surface area (Å²) in [7, 11) is 0.911. The monoisotopic (exact) mass is 131 g/mol. The Morgan fingerprint density at radius 1 is 1.60 bits per heavy atom. The van der Waals surface area contributed by atoms with E-state index in [0.717, 1.165) is 7.48 Å². The minimum atomic E-state index is 0.447. The molecule has 0 amide bonds. The first-order valence-corrected chi connectivity index (χ1v) is 2.69. The third-order valence-corrected chi connectivity index (χ3v) is 1.04. The van der Waals surface area contributed by atoms with E-state index in [1.165, 1.54) is 12.4 Å². The fraction of sp³-hybridized carbons (Fsp3) is 0. The zero-order valence-electron chi connectivity index (χ0n) is 5.15. The number of hydrogen-bond donors (Lipinski definition) is 1. The molecule has 0 aliphatic carbocycles. The zero-order valence-corrected chi connectivity index (χ0v) is 5.15. The van der Waals surface area contributed by atoms with Gasteiger partial charge in [0.05, 0.1) is 5.56 Å². The lowest BCUT2D eigenvalue weighted by molar-refractivity contribution is 0.615. The molecule has 0 aliphatic heterocycles. The summed E-state index contributed by atoms with van der Waals surface area (Å²) in [4.78, 5) is 3.71. The van der Waals surface area contributed by atoms with E-state index in [1.54, 1.807) is 6.07 Å². The highest BCUT2D eigenvalue weighted by Crippen LogP contribution is 1.87. The van der Waals surface area contributed by atoms with Crippen molar-refractivity contribution in [3.8, 4) is 6.07 Å². The van der Waals surface area contributed by atoms with Crippen molar-refractivity contribution in [1.82, 2.24) is 4.98 Å². The number of aromatic nitrogens is 1. The van der Waals surface area contributed by atoms with Gasteiger partial charge in [0.2, 0.25) is 0 Å². The maximum absolute atomic E-state index is 8.48. The van der Waals surface area contributed by atoms with Crippen molar-refractivity contribution in [1.29, 1.82) is 5.26 Å². The number of nitriles is 1. The molecule has 1 aromatic rings. The second kappa shape index (κ2) is 2.99. The highest BCUT2D eigenvalue weighted by Gasteiger charge is 1.94. The first-order chi connectivity index (χ1) is 4.86. The van der Waals surface area contributed by atoms with Gasteiger partial charge in [-0.2, -0.15) is 5.26 Å². The average Bonchev–Trinajstić information content (AvgIpc) is 2.05. The van der Waals surface area contributed by atoms with Crippen molar-refractivity contribution in [3.05, 3.63) is 24.0 Å². The molecule has 0 atom stereocenters. The summed E-state index contributed by atoms with van der Waals surface area (Å²) in [5.74, 6) is 0. The maximum atomic E-state index is 8.48. The lowest BCUT2D eigenvalue weighted by atomic mass is 9.90. The van der Waals surface area contributed by atoms with Crippen LogP contribution in [0.2, 0.25) is 0 Å². The first kappa shape index (κ1) is 6.78. The van der Waals surface area contributed by atoms with Gasteiger partial charge >= 0.3 is 7.48 Å². The second-order valence-corrected chi connectivity index (χ2v) is 1.75. The molecule has 0 spiro atoms. The molecular formula is C6H4BN2O. The normalized spacial score (nSPS) is 8.40. The number of hydrogen-bond acceptors (Lipinski definition) is 3. The van der Waals surface area contributed by atoms with Crippen LogP contribution in [0.1, 0.15) is 5.56 Å². The van der Waals surface area contributed by atoms with Crippen molar-refractivity contribution in [2.24, 2.45) is 0 Å². The van der Waals surface area contributed by atoms with Gasteiger partial charge in [0.1, 0.15) is 6.07 Å². The molecule has 3 nitrogen and oxygen atoms in total. The van der Waals surface area contributed by atoms with Crippen LogP contribution in [-0.2, 0) is 0 Å². The van der Waals surface area contributed by atoms with E-state index in [9.17, 15) is 0 Å². The van der Waals surface area contributed by atoms with Gasteiger partial charge in [0, 0.05) is 12.4 Å². The molecule has 0 saturated carbocycles. The highest BCUT2D eigenvalue weighted by atomic mass is 16.2. The van der Waals surface area contributed by atoms with Crippen LogP contribution in [0, 0.1) is 11.3 Å². The van der Waals surface area contributed by atoms with Crippen molar-refractivity contribution < 1.29 is 5.02 Å². The number of rotatable bonds is 1. The summed E-state index contributed by atoms with van der Waals surface area (Å²) in [6, 6.07) is 3.46. The van der Waals surface area contributed by atoms with Crippen molar-refractivity contribution in [3.63, 3.8) is 0 Å². The summed E-state index contributed by atoms with van der Waals surface area (Å²) in [6.45, 7) is 0. The Labute approximate surface area is 59.2 Å². The van der Waals surface area contributed by atoms with Crippen LogP contribution in [0.4, 0.5) is 0 Å². The number of pyridine rings is 1. The summed E-state index contributed by atoms with van der Waals surface area (Å²) >= 11 is 0. The Morgan fingerprint density at radius 2 is 2.40 bits per heavy atom. The van der Waals surface area contributed by atoms with Crippen LogP contribution in [0.3, 0.4) is 0 Å². The van der Waals surface area contributed by atoms with E-state index in [4.69, 9.17) is 10.3 Å². The van der Waals surface area contributed by atoms with E-state index < -0.39 is 0 Å². The van der Waals surface area contributed by atoms with Crippen molar-refractivity contribution >= 4 is 12.9 Å². The van der Waals surface area contributed by atoms with Gasteiger partial charge in [0.25, 0.3) is 0 Å². The van der Waals surface area contributed by atoms with E-state index in [1.807, 2.05) is 6.07 Å². The minimum absolute atomic E-state index is 0.447. The molecule has 1 heterocycles. The van der Waals surface area contributed by atoms with Gasteiger partial charge in [-0.1, -0.05) is 0 Å². The molecule has 0 fully saturated rings. The average molecular weight is 131 g/mol. The quantitative estimate of drug-likeness (QED) is 0.507. The lowest BCUT2D eigenvalue weighted by Gasteiger charge is -1.90. The Balaban J connectivity index is 3.01.